The molecular weight excluding hydrogens is 467 g/mol. The second kappa shape index (κ2) is 9.96. The van der Waals surface area contributed by atoms with E-state index in [0.717, 1.165) is 21.8 Å². The number of benzene rings is 2. The van der Waals surface area contributed by atoms with Crippen molar-refractivity contribution >= 4 is 52.4 Å². The molecule has 0 bridgehead atoms. The molecule has 0 atom stereocenters. The third-order valence-corrected chi connectivity index (χ3v) is 6.12. The van der Waals surface area contributed by atoms with E-state index >= 15 is 0 Å². The van der Waals surface area contributed by atoms with Crippen LogP contribution < -0.4 is 0 Å². The summed E-state index contributed by atoms with van der Waals surface area (Å²) in [7, 11) is 0. The fourth-order valence-corrected chi connectivity index (χ4v) is 3.95. The minimum absolute atomic E-state index is 0.264. The maximum atomic E-state index is 12.2. The van der Waals surface area contributed by atoms with E-state index in [0.29, 0.717) is 10.6 Å². The molecule has 5 nitrogen and oxygen atoms in total. The van der Waals surface area contributed by atoms with E-state index in [4.69, 9.17) is 27.9 Å². The number of esters is 1. The molecule has 0 saturated heterocycles. The second-order valence-electron chi connectivity index (χ2n) is 6.68. The largest absolute Gasteiger partial charge is 0.454 e. The Morgan fingerprint density at radius 1 is 1.03 bits per heavy atom. The van der Waals surface area contributed by atoms with Gasteiger partial charge in [-0.05, 0) is 47.9 Å². The van der Waals surface area contributed by atoms with Crippen LogP contribution in [0.4, 0.5) is 0 Å². The Morgan fingerprint density at radius 2 is 1.84 bits per heavy atom. The van der Waals surface area contributed by atoms with Gasteiger partial charge in [0.05, 0.1) is 20.6 Å². The van der Waals surface area contributed by atoms with Crippen molar-refractivity contribution in [3.63, 3.8) is 0 Å². The van der Waals surface area contributed by atoms with Crippen LogP contribution in [0.1, 0.15) is 15.9 Å². The highest BCUT2D eigenvalue weighted by molar-refractivity contribution is 7.13. The lowest BCUT2D eigenvalue weighted by Gasteiger charge is -2.03. The van der Waals surface area contributed by atoms with Crippen molar-refractivity contribution in [2.24, 2.45) is 0 Å². The molecule has 4 aromatic rings. The van der Waals surface area contributed by atoms with Gasteiger partial charge in [-0.1, -0.05) is 47.5 Å². The maximum absolute atomic E-state index is 12.2. The number of carbonyl (C=O) groups excluding carboxylic acids is 2. The first kappa shape index (κ1) is 22.0. The summed E-state index contributed by atoms with van der Waals surface area (Å²) in [6, 6.07) is 18.1. The van der Waals surface area contributed by atoms with Crippen LogP contribution in [0.15, 0.2) is 78.3 Å². The van der Waals surface area contributed by atoms with Crippen molar-refractivity contribution in [2.75, 3.05) is 6.61 Å². The molecule has 2 heterocycles. The molecule has 0 unspecified atom stereocenters. The van der Waals surface area contributed by atoms with Crippen LogP contribution in [0.25, 0.3) is 22.3 Å². The summed E-state index contributed by atoms with van der Waals surface area (Å²) in [6.07, 6.45) is 4.76. The molecule has 32 heavy (non-hydrogen) atoms. The quantitative estimate of drug-likeness (QED) is 0.175. The molecule has 2 aromatic carbocycles. The van der Waals surface area contributed by atoms with Crippen molar-refractivity contribution in [3.8, 4) is 16.3 Å². The van der Waals surface area contributed by atoms with E-state index in [-0.39, 0.29) is 10.8 Å². The summed E-state index contributed by atoms with van der Waals surface area (Å²) in [5.41, 5.74) is 2.73. The maximum Gasteiger partial charge on any atom is 0.331 e. The van der Waals surface area contributed by atoms with Crippen LogP contribution in [0, 0.1) is 0 Å². The van der Waals surface area contributed by atoms with Crippen molar-refractivity contribution in [1.82, 2.24) is 9.78 Å². The number of carbonyl (C=O) groups is 2. The van der Waals surface area contributed by atoms with E-state index in [1.807, 2.05) is 54.0 Å². The predicted molar refractivity (Wildman–Crippen MR) is 128 cm³/mol. The highest BCUT2D eigenvalue weighted by Crippen LogP contribution is 2.28. The predicted octanol–water partition coefficient (Wildman–Crippen LogP) is 6.35. The fraction of sp³-hybridized carbons (Fsp3) is 0.0417. The molecule has 2 aromatic heterocycles. The number of ether oxygens (including phenoxy) is 1. The van der Waals surface area contributed by atoms with Crippen molar-refractivity contribution in [2.45, 2.75) is 0 Å². The van der Waals surface area contributed by atoms with Gasteiger partial charge in [-0.15, -0.1) is 11.3 Å². The molecule has 0 fully saturated rings. The highest BCUT2D eigenvalue weighted by atomic mass is 35.5. The van der Waals surface area contributed by atoms with Gasteiger partial charge in [0.1, 0.15) is 5.69 Å². The summed E-state index contributed by atoms with van der Waals surface area (Å²) in [5, 5.41) is 7.25. The monoisotopic (exact) mass is 482 g/mol. The standard InChI is InChI=1S/C24H16Cl2N2O3S/c25-19-10-8-16(13-20(19)26)21(29)15-31-23(30)11-9-17-14-28(18-5-2-1-3-6-18)27-24(17)22-7-4-12-32-22/h1-14H,15H2/b11-9+. The SMILES string of the molecule is O=C(/C=C/c1cn(-c2ccccc2)nc1-c1cccs1)OCC(=O)c1ccc(Cl)c(Cl)c1. The van der Waals surface area contributed by atoms with E-state index < -0.39 is 12.6 Å². The van der Waals surface area contributed by atoms with Gasteiger partial charge in [0.2, 0.25) is 0 Å². The summed E-state index contributed by atoms with van der Waals surface area (Å²) in [5.74, 6) is -1.01. The van der Waals surface area contributed by atoms with Gasteiger partial charge in [-0.25, -0.2) is 9.48 Å². The van der Waals surface area contributed by atoms with Gasteiger partial charge in [0.15, 0.2) is 12.4 Å². The molecule has 0 aliphatic rings. The highest BCUT2D eigenvalue weighted by Gasteiger charge is 2.13. The summed E-state index contributed by atoms with van der Waals surface area (Å²) >= 11 is 13.3. The van der Waals surface area contributed by atoms with E-state index in [9.17, 15) is 9.59 Å². The van der Waals surface area contributed by atoms with Crippen LogP contribution in [0.2, 0.25) is 10.0 Å². The summed E-state index contributed by atoms with van der Waals surface area (Å²) in [4.78, 5) is 25.4. The van der Waals surface area contributed by atoms with E-state index in [1.165, 1.54) is 24.3 Å². The van der Waals surface area contributed by atoms with Crippen molar-refractivity contribution in [3.05, 3.63) is 99.5 Å². The number of aromatic nitrogens is 2. The lowest BCUT2D eigenvalue weighted by molar-refractivity contribution is -0.136. The average Bonchev–Trinajstić information content (AvgIpc) is 3.48. The Balaban J connectivity index is 1.48. The molecule has 0 saturated carbocycles. The normalized spacial score (nSPS) is 11.1. The lowest BCUT2D eigenvalue weighted by Crippen LogP contribution is -2.12. The Morgan fingerprint density at radius 3 is 2.56 bits per heavy atom. The molecular formula is C24H16Cl2N2O3S. The third kappa shape index (κ3) is 5.16. The number of thiophene rings is 1. The average molecular weight is 483 g/mol. The lowest BCUT2D eigenvalue weighted by atomic mass is 10.1. The minimum atomic E-state index is -0.636. The number of hydrogen-bond donors (Lipinski definition) is 0. The third-order valence-electron chi connectivity index (χ3n) is 4.50. The Labute approximate surface area is 198 Å². The Hall–Kier alpha value is -3.19. The second-order valence-corrected chi connectivity index (χ2v) is 8.45. The van der Waals surface area contributed by atoms with Gasteiger partial charge in [-0.2, -0.15) is 5.10 Å². The van der Waals surface area contributed by atoms with Crippen LogP contribution in [0.3, 0.4) is 0 Å². The summed E-state index contributed by atoms with van der Waals surface area (Å²) < 4.78 is 6.85. The van der Waals surface area contributed by atoms with Gasteiger partial charge in [-0.3, -0.25) is 4.79 Å². The number of Topliss-reactive ketones (excluding diaryl/α,β-unsaturated/α-hetero) is 1. The van der Waals surface area contributed by atoms with Crippen LogP contribution in [-0.4, -0.2) is 28.1 Å². The zero-order valence-corrected chi connectivity index (χ0v) is 18.9. The first-order chi connectivity index (χ1) is 15.5. The van der Waals surface area contributed by atoms with Crippen molar-refractivity contribution < 1.29 is 14.3 Å². The molecule has 0 N–H and O–H groups in total. The Bertz CT molecular complexity index is 1280. The number of hydrogen-bond acceptors (Lipinski definition) is 5. The number of para-hydroxylation sites is 1. The first-order valence-electron chi connectivity index (χ1n) is 9.53. The molecule has 0 aliphatic heterocycles. The molecule has 0 amide bonds. The smallest absolute Gasteiger partial charge is 0.331 e. The van der Waals surface area contributed by atoms with Crippen LogP contribution in [-0.2, 0) is 9.53 Å². The van der Waals surface area contributed by atoms with Crippen molar-refractivity contribution in [1.29, 1.82) is 0 Å². The number of nitrogens with zero attached hydrogens (tertiary/aromatic N) is 2. The van der Waals surface area contributed by atoms with Gasteiger partial charge in [0, 0.05) is 23.4 Å². The fourth-order valence-electron chi connectivity index (χ4n) is 2.92. The molecule has 8 heteroatoms. The Kier molecular flexibility index (Phi) is 6.85. The van der Waals surface area contributed by atoms with Gasteiger partial charge < -0.3 is 4.74 Å². The molecule has 4 rings (SSSR count). The van der Waals surface area contributed by atoms with E-state index in [2.05, 4.69) is 5.10 Å². The number of rotatable bonds is 7. The zero-order valence-electron chi connectivity index (χ0n) is 16.6. The minimum Gasteiger partial charge on any atom is -0.454 e. The molecule has 0 aliphatic carbocycles. The topological polar surface area (TPSA) is 61.2 Å². The number of ketones is 1. The van der Waals surface area contributed by atoms with E-state index in [1.54, 1.807) is 22.1 Å². The van der Waals surface area contributed by atoms with Crippen LogP contribution in [0.5, 0.6) is 0 Å². The zero-order chi connectivity index (χ0) is 22.5. The molecule has 160 valence electrons. The van der Waals surface area contributed by atoms with Crippen LogP contribution >= 0.6 is 34.5 Å². The van der Waals surface area contributed by atoms with Gasteiger partial charge in [0.25, 0.3) is 0 Å². The molecule has 0 radical (unpaired) electrons. The first-order valence-corrected chi connectivity index (χ1v) is 11.2. The van der Waals surface area contributed by atoms with Gasteiger partial charge >= 0.3 is 5.97 Å². The summed E-state index contributed by atoms with van der Waals surface area (Å²) in [6.45, 7) is -0.401. The number of halogens is 2. The molecule has 0 spiro atoms.